The van der Waals surface area contributed by atoms with Crippen molar-refractivity contribution in [3.8, 4) is 22.8 Å². The highest BCUT2D eigenvalue weighted by molar-refractivity contribution is 6.31. The normalized spacial score (nSPS) is 14.7. The number of nitrogens with zero attached hydrogens (tertiary/aromatic N) is 2. The number of hydrogen-bond donors (Lipinski definition) is 1. The lowest BCUT2D eigenvalue weighted by Gasteiger charge is -2.29. The van der Waals surface area contributed by atoms with E-state index in [2.05, 4.69) is 10.4 Å². The maximum absolute atomic E-state index is 13.0. The molecule has 0 saturated heterocycles. The van der Waals surface area contributed by atoms with E-state index in [-0.39, 0.29) is 12.8 Å². The molecule has 0 saturated carbocycles. The predicted octanol–water partition coefficient (Wildman–Crippen LogP) is 6.78. The van der Waals surface area contributed by atoms with Gasteiger partial charge in [-0.3, -0.25) is 0 Å². The van der Waals surface area contributed by atoms with Crippen molar-refractivity contribution in [3.05, 3.63) is 94.6 Å². The van der Waals surface area contributed by atoms with Gasteiger partial charge in [0.1, 0.15) is 12.8 Å². The van der Waals surface area contributed by atoms with Gasteiger partial charge in [-0.1, -0.05) is 29.8 Å². The number of aromatic nitrogens is 2. The van der Waals surface area contributed by atoms with Gasteiger partial charge in [-0.25, -0.2) is 4.68 Å². The van der Waals surface area contributed by atoms with Crippen LogP contribution in [0.3, 0.4) is 0 Å². The fourth-order valence-electron chi connectivity index (χ4n) is 4.00. The van der Waals surface area contributed by atoms with E-state index in [0.717, 1.165) is 34.6 Å². The number of methoxy groups -OCH3 is 1. The molecule has 0 fully saturated rings. The van der Waals surface area contributed by atoms with Crippen LogP contribution >= 0.6 is 11.6 Å². The van der Waals surface area contributed by atoms with Crippen molar-refractivity contribution in [1.29, 1.82) is 0 Å². The van der Waals surface area contributed by atoms with E-state index < -0.39 is 11.7 Å². The predicted molar refractivity (Wildman–Crippen MR) is 123 cm³/mol. The second-order valence-corrected chi connectivity index (χ2v) is 8.23. The summed E-state index contributed by atoms with van der Waals surface area (Å²) in [5.74, 6) is 0.875. The van der Waals surface area contributed by atoms with Gasteiger partial charge in [0.25, 0.3) is 0 Å². The van der Waals surface area contributed by atoms with Crippen LogP contribution in [0.2, 0.25) is 5.02 Å². The summed E-state index contributed by atoms with van der Waals surface area (Å²) in [5, 5.41) is 8.55. The Balaban J connectivity index is 1.41. The third-order valence-electron chi connectivity index (χ3n) is 5.62. The van der Waals surface area contributed by atoms with E-state index in [4.69, 9.17) is 21.1 Å². The fourth-order valence-corrected chi connectivity index (χ4v) is 4.17. The van der Waals surface area contributed by atoms with Crippen LogP contribution < -0.4 is 14.8 Å². The summed E-state index contributed by atoms with van der Waals surface area (Å²) in [7, 11) is 1.51. The molecule has 1 aliphatic heterocycles. The van der Waals surface area contributed by atoms with Gasteiger partial charge in [-0.2, -0.15) is 18.3 Å². The molecule has 0 aliphatic carbocycles. The number of rotatable bonds is 5. The summed E-state index contributed by atoms with van der Waals surface area (Å²) in [6.45, 7) is -0.0313. The molecule has 4 aromatic rings. The molecule has 1 aliphatic rings. The lowest BCUT2D eigenvalue weighted by Crippen LogP contribution is -2.25. The number of alkyl halides is 3. The summed E-state index contributed by atoms with van der Waals surface area (Å²) >= 11 is 6.20. The zero-order valence-corrected chi connectivity index (χ0v) is 18.7. The molecular formula is C25H19ClF3N3O2. The zero-order chi connectivity index (χ0) is 23.9. The van der Waals surface area contributed by atoms with E-state index >= 15 is 0 Å². The molecule has 5 rings (SSSR count). The Morgan fingerprint density at radius 1 is 1.03 bits per heavy atom. The van der Waals surface area contributed by atoms with Crippen LogP contribution in [0.25, 0.3) is 11.3 Å². The van der Waals surface area contributed by atoms with Crippen LogP contribution in [-0.2, 0) is 12.8 Å². The first-order chi connectivity index (χ1) is 16.3. The Morgan fingerprint density at radius 3 is 2.68 bits per heavy atom. The molecule has 1 unspecified atom stereocenters. The average Bonchev–Trinajstić information content (AvgIpc) is 3.32. The number of fused-ring (bicyclic) bond motifs is 3. The first kappa shape index (κ1) is 22.2. The third kappa shape index (κ3) is 4.17. The standard InChI is InChI=1S/C25H19ClF3N3O2/c1-33-23-12-16(5-8-22(23)34-14-15-3-2-4-17(11-15)25(27,28)29)24-31-20-13-18(26)6-7-19(20)21-9-10-30-32(21)24/h2-13,24,31H,14H2,1H3. The van der Waals surface area contributed by atoms with Crippen molar-refractivity contribution in [2.24, 2.45) is 0 Å². The van der Waals surface area contributed by atoms with E-state index in [1.165, 1.54) is 13.2 Å². The third-order valence-corrected chi connectivity index (χ3v) is 5.85. The van der Waals surface area contributed by atoms with Crippen molar-refractivity contribution in [2.75, 3.05) is 12.4 Å². The smallest absolute Gasteiger partial charge is 0.416 e. The molecule has 1 aromatic heterocycles. The molecule has 0 bridgehead atoms. The average molecular weight is 486 g/mol. The van der Waals surface area contributed by atoms with Gasteiger partial charge in [0.2, 0.25) is 0 Å². The van der Waals surface area contributed by atoms with Crippen molar-refractivity contribution in [2.45, 2.75) is 18.9 Å². The maximum atomic E-state index is 13.0. The highest BCUT2D eigenvalue weighted by atomic mass is 35.5. The number of anilines is 1. The van der Waals surface area contributed by atoms with Crippen molar-refractivity contribution in [1.82, 2.24) is 9.78 Å². The van der Waals surface area contributed by atoms with Gasteiger partial charge in [-0.05, 0) is 54.1 Å². The zero-order valence-electron chi connectivity index (χ0n) is 17.9. The van der Waals surface area contributed by atoms with E-state index in [9.17, 15) is 13.2 Å². The Bertz CT molecular complexity index is 1350. The summed E-state index contributed by atoms with van der Waals surface area (Å²) < 4.78 is 52.1. The molecule has 34 heavy (non-hydrogen) atoms. The van der Waals surface area contributed by atoms with Crippen LogP contribution in [0.1, 0.15) is 22.9 Å². The van der Waals surface area contributed by atoms with Gasteiger partial charge in [0, 0.05) is 28.0 Å². The SMILES string of the molecule is COc1cc(C2Nc3cc(Cl)ccc3-c3ccnn32)ccc1OCc1cccc(C(F)(F)F)c1. The molecular weight excluding hydrogens is 467 g/mol. The number of halogens is 4. The van der Waals surface area contributed by atoms with Gasteiger partial charge < -0.3 is 14.8 Å². The minimum absolute atomic E-state index is 0.0313. The molecule has 0 radical (unpaired) electrons. The Kier molecular flexibility index (Phi) is 5.61. The Labute approximate surface area is 198 Å². The minimum atomic E-state index is -4.41. The molecule has 5 nitrogen and oxygen atoms in total. The minimum Gasteiger partial charge on any atom is -0.493 e. The lowest BCUT2D eigenvalue weighted by atomic mass is 10.0. The number of hydrogen-bond acceptors (Lipinski definition) is 4. The lowest BCUT2D eigenvalue weighted by molar-refractivity contribution is -0.137. The van der Waals surface area contributed by atoms with Crippen LogP contribution in [0.5, 0.6) is 11.5 Å². The summed E-state index contributed by atoms with van der Waals surface area (Å²) in [6.07, 6.45) is -2.99. The highest BCUT2D eigenvalue weighted by Crippen LogP contribution is 2.41. The monoisotopic (exact) mass is 485 g/mol. The number of nitrogens with one attached hydrogen (secondary N) is 1. The molecule has 1 atom stereocenters. The topological polar surface area (TPSA) is 48.3 Å². The molecule has 2 heterocycles. The Morgan fingerprint density at radius 2 is 1.88 bits per heavy atom. The van der Waals surface area contributed by atoms with Crippen molar-refractivity contribution < 1.29 is 22.6 Å². The van der Waals surface area contributed by atoms with Gasteiger partial charge in [-0.15, -0.1) is 0 Å². The molecule has 174 valence electrons. The second-order valence-electron chi connectivity index (χ2n) is 7.79. The van der Waals surface area contributed by atoms with Gasteiger partial charge in [0.05, 0.1) is 18.4 Å². The number of benzene rings is 3. The van der Waals surface area contributed by atoms with Gasteiger partial charge in [0.15, 0.2) is 11.5 Å². The highest BCUT2D eigenvalue weighted by Gasteiger charge is 2.30. The van der Waals surface area contributed by atoms with Crippen LogP contribution in [0.4, 0.5) is 18.9 Å². The van der Waals surface area contributed by atoms with Gasteiger partial charge >= 0.3 is 6.18 Å². The maximum Gasteiger partial charge on any atom is 0.416 e. The largest absolute Gasteiger partial charge is 0.493 e. The van der Waals surface area contributed by atoms with E-state index in [1.807, 2.05) is 41.1 Å². The Hall–Kier alpha value is -3.65. The fraction of sp³-hybridized carbons (Fsp3) is 0.160. The molecule has 0 amide bonds. The summed E-state index contributed by atoms with van der Waals surface area (Å²) in [4.78, 5) is 0. The molecule has 1 N–H and O–H groups in total. The van der Waals surface area contributed by atoms with Crippen LogP contribution in [-0.4, -0.2) is 16.9 Å². The van der Waals surface area contributed by atoms with Crippen molar-refractivity contribution in [3.63, 3.8) is 0 Å². The quantitative estimate of drug-likeness (QED) is 0.338. The molecule has 0 spiro atoms. The van der Waals surface area contributed by atoms with Crippen LogP contribution in [0.15, 0.2) is 72.9 Å². The second kappa shape index (κ2) is 8.61. The van der Waals surface area contributed by atoms with Crippen molar-refractivity contribution >= 4 is 17.3 Å². The number of ether oxygens (including phenoxy) is 2. The summed E-state index contributed by atoms with van der Waals surface area (Å²) in [6, 6.07) is 18.1. The van der Waals surface area contributed by atoms with Crippen LogP contribution in [0, 0.1) is 0 Å². The molecule has 9 heteroatoms. The first-order valence-corrected chi connectivity index (χ1v) is 10.8. The van der Waals surface area contributed by atoms with E-state index in [1.54, 1.807) is 18.3 Å². The first-order valence-electron chi connectivity index (χ1n) is 10.4. The van der Waals surface area contributed by atoms with E-state index in [0.29, 0.717) is 22.1 Å². The summed E-state index contributed by atoms with van der Waals surface area (Å²) in [5.41, 5.74) is 3.37. The molecule has 3 aromatic carbocycles.